The number of nitrogens with zero attached hydrogens (tertiary/aromatic N) is 3. The van der Waals surface area contributed by atoms with Crippen molar-refractivity contribution in [2.75, 3.05) is 20.0 Å². The number of hydrogen-bond donors (Lipinski definition) is 1. The summed E-state index contributed by atoms with van der Waals surface area (Å²) in [5.74, 6) is 1.36. The Labute approximate surface area is 176 Å². The van der Waals surface area contributed by atoms with E-state index in [2.05, 4.69) is 15.5 Å². The highest BCUT2D eigenvalue weighted by atomic mass is 35.5. The van der Waals surface area contributed by atoms with Gasteiger partial charge < -0.3 is 14.8 Å². The topological polar surface area (TPSA) is 77.8 Å². The van der Waals surface area contributed by atoms with E-state index in [1.54, 1.807) is 43.0 Å². The van der Waals surface area contributed by atoms with Gasteiger partial charge in [-0.2, -0.15) is 0 Å². The lowest BCUT2D eigenvalue weighted by atomic mass is 10.1. The van der Waals surface area contributed by atoms with Crippen molar-refractivity contribution in [2.45, 2.75) is 18.1 Å². The van der Waals surface area contributed by atoms with Gasteiger partial charge in [-0.25, -0.2) is 0 Å². The Morgan fingerprint density at radius 3 is 2.75 bits per heavy atom. The molecular weight excluding hydrogens is 423 g/mol. The molecule has 3 rings (SSSR count). The lowest BCUT2D eigenvalue weighted by molar-refractivity contribution is -0.119. The minimum Gasteiger partial charge on any atom is -0.497 e. The number of nitrogens with one attached hydrogen (secondary N) is 1. The first-order valence-corrected chi connectivity index (χ1v) is 10.0. The van der Waals surface area contributed by atoms with Crippen molar-refractivity contribution in [3.8, 4) is 11.5 Å². The van der Waals surface area contributed by atoms with E-state index < -0.39 is 0 Å². The van der Waals surface area contributed by atoms with Gasteiger partial charge in [-0.1, -0.05) is 35.0 Å². The van der Waals surface area contributed by atoms with Crippen LogP contribution >= 0.6 is 35.0 Å². The van der Waals surface area contributed by atoms with E-state index in [9.17, 15) is 4.79 Å². The Morgan fingerprint density at radius 1 is 1.25 bits per heavy atom. The summed E-state index contributed by atoms with van der Waals surface area (Å²) in [4.78, 5) is 12.4. The van der Waals surface area contributed by atoms with E-state index in [1.807, 2.05) is 13.0 Å². The normalized spacial score (nSPS) is 12.0. The van der Waals surface area contributed by atoms with Crippen LogP contribution in [0.25, 0.3) is 5.65 Å². The molecular formula is C18H18Cl2N4O3S. The van der Waals surface area contributed by atoms with E-state index in [1.165, 1.54) is 11.8 Å². The summed E-state index contributed by atoms with van der Waals surface area (Å²) in [5.41, 5.74) is 1.31. The minimum absolute atomic E-state index is 0.154. The monoisotopic (exact) mass is 440 g/mol. The number of carbonyl (C=O) groups excluding carboxylic acids is 1. The first-order valence-electron chi connectivity index (χ1n) is 8.26. The Bertz CT molecular complexity index is 1010. The quantitative estimate of drug-likeness (QED) is 0.558. The molecule has 1 aromatic carbocycles. The molecule has 1 atom stereocenters. The molecule has 2 heterocycles. The molecule has 0 radical (unpaired) electrons. The van der Waals surface area contributed by atoms with Gasteiger partial charge in [-0.15, -0.1) is 10.2 Å². The minimum atomic E-state index is -0.266. The highest BCUT2D eigenvalue weighted by molar-refractivity contribution is 7.99. The van der Waals surface area contributed by atoms with Crippen LogP contribution in [0.3, 0.4) is 0 Å². The second-order valence-corrected chi connectivity index (χ2v) is 7.65. The van der Waals surface area contributed by atoms with Crippen LogP contribution in [0, 0.1) is 0 Å². The van der Waals surface area contributed by atoms with Gasteiger partial charge in [0, 0.05) is 11.8 Å². The fraction of sp³-hybridized carbons (Fsp3) is 0.278. The molecule has 2 aromatic heterocycles. The number of carbonyl (C=O) groups is 1. The smallest absolute Gasteiger partial charge is 0.230 e. The molecule has 0 fully saturated rings. The van der Waals surface area contributed by atoms with E-state index in [-0.39, 0.29) is 17.7 Å². The van der Waals surface area contributed by atoms with E-state index in [4.69, 9.17) is 32.7 Å². The van der Waals surface area contributed by atoms with Crippen LogP contribution in [0.2, 0.25) is 10.0 Å². The van der Waals surface area contributed by atoms with Crippen LogP contribution in [-0.2, 0) is 4.79 Å². The molecule has 28 heavy (non-hydrogen) atoms. The number of thioether (sulfide) groups is 1. The molecule has 0 aliphatic carbocycles. The summed E-state index contributed by atoms with van der Waals surface area (Å²) in [7, 11) is 3.18. The molecule has 0 aliphatic rings. The maximum Gasteiger partial charge on any atom is 0.230 e. The van der Waals surface area contributed by atoms with Crippen LogP contribution in [0.5, 0.6) is 11.5 Å². The van der Waals surface area contributed by atoms with Gasteiger partial charge in [-0.3, -0.25) is 9.20 Å². The van der Waals surface area contributed by atoms with Crippen molar-refractivity contribution >= 4 is 46.5 Å². The van der Waals surface area contributed by atoms with Gasteiger partial charge in [0.25, 0.3) is 0 Å². The van der Waals surface area contributed by atoms with Crippen molar-refractivity contribution < 1.29 is 14.3 Å². The summed E-state index contributed by atoms with van der Waals surface area (Å²) in [6.07, 6.45) is 1.66. The van der Waals surface area contributed by atoms with Gasteiger partial charge in [0.15, 0.2) is 10.8 Å². The zero-order chi connectivity index (χ0) is 20.3. The highest BCUT2D eigenvalue weighted by Crippen LogP contribution is 2.29. The number of aromatic nitrogens is 3. The van der Waals surface area contributed by atoms with Crippen LogP contribution in [-0.4, -0.2) is 40.5 Å². The SMILES string of the molecule is COc1ccc(OC)c(C(C)NC(=O)CSc2nnc3c(Cl)cc(Cl)cn23)c1. The van der Waals surface area contributed by atoms with Crippen LogP contribution in [0.15, 0.2) is 35.6 Å². The first-order chi connectivity index (χ1) is 13.4. The fourth-order valence-corrected chi connectivity index (χ4v) is 3.90. The second-order valence-electron chi connectivity index (χ2n) is 5.87. The van der Waals surface area contributed by atoms with Crippen LogP contribution in [0.1, 0.15) is 18.5 Å². The van der Waals surface area contributed by atoms with E-state index >= 15 is 0 Å². The number of benzene rings is 1. The Morgan fingerprint density at radius 2 is 2.04 bits per heavy atom. The van der Waals surface area contributed by atoms with E-state index in [0.29, 0.717) is 32.3 Å². The molecule has 1 amide bonds. The zero-order valence-electron chi connectivity index (χ0n) is 15.4. The summed E-state index contributed by atoms with van der Waals surface area (Å²) < 4.78 is 12.3. The number of amides is 1. The lowest BCUT2D eigenvalue weighted by Gasteiger charge is -2.18. The summed E-state index contributed by atoms with van der Waals surface area (Å²) in [6, 6.07) is 6.78. The molecule has 1 unspecified atom stereocenters. The van der Waals surface area contributed by atoms with Crippen molar-refractivity contribution in [1.29, 1.82) is 0 Å². The van der Waals surface area contributed by atoms with Crippen LogP contribution in [0.4, 0.5) is 0 Å². The third-order valence-corrected chi connectivity index (χ3v) is 5.44. The molecule has 7 nitrogen and oxygen atoms in total. The average molecular weight is 441 g/mol. The maximum atomic E-state index is 12.4. The Kier molecular flexibility index (Phi) is 6.53. The van der Waals surface area contributed by atoms with Crippen molar-refractivity contribution in [1.82, 2.24) is 19.9 Å². The predicted molar refractivity (Wildman–Crippen MR) is 110 cm³/mol. The van der Waals surface area contributed by atoms with Gasteiger partial charge in [0.1, 0.15) is 11.5 Å². The molecule has 0 saturated heterocycles. The number of halogens is 2. The maximum absolute atomic E-state index is 12.4. The number of hydrogen-bond acceptors (Lipinski definition) is 6. The van der Waals surface area contributed by atoms with Gasteiger partial charge in [0.2, 0.25) is 5.91 Å². The molecule has 0 bridgehead atoms. The molecule has 0 aliphatic heterocycles. The molecule has 10 heteroatoms. The number of rotatable bonds is 7. The third kappa shape index (κ3) is 4.45. The van der Waals surface area contributed by atoms with Gasteiger partial charge in [0.05, 0.1) is 36.1 Å². The fourth-order valence-electron chi connectivity index (χ4n) is 2.67. The van der Waals surface area contributed by atoms with Crippen LogP contribution < -0.4 is 14.8 Å². The largest absolute Gasteiger partial charge is 0.497 e. The number of ether oxygens (including phenoxy) is 2. The van der Waals surface area contributed by atoms with E-state index in [0.717, 1.165) is 5.56 Å². The molecule has 0 spiro atoms. The standard InChI is InChI=1S/C18H18Cl2N4O3S/c1-10(13-7-12(26-2)4-5-15(13)27-3)21-16(25)9-28-18-23-22-17-14(20)6-11(19)8-24(17)18/h4-8,10H,9H2,1-3H3,(H,21,25). The molecule has 148 valence electrons. The molecule has 0 saturated carbocycles. The Balaban J connectivity index is 1.68. The first kappa shape index (κ1) is 20.6. The number of fused-ring (bicyclic) bond motifs is 1. The van der Waals surface area contributed by atoms with Crippen molar-refractivity contribution in [3.63, 3.8) is 0 Å². The molecule has 3 aromatic rings. The average Bonchev–Trinajstić information content (AvgIpc) is 3.08. The highest BCUT2D eigenvalue weighted by Gasteiger charge is 2.17. The third-order valence-electron chi connectivity index (χ3n) is 4.01. The summed E-state index contributed by atoms with van der Waals surface area (Å²) >= 11 is 13.4. The van der Waals surface area contributed by atoms with Crippen molar-refractivity contribution in [3.05, 3.63) is 46.1 Å². The lowest BCUT2D eigenvalue weighted by Crippen LogP contribution is -2.28. The van der Waals surface area contributed by atoms with Gasteiger partial charge in [-0.05, 0) is 31.2 Å². The number of pyridine rings is 1. The summed E-state index contributed by atoms with van der Waals surface area (Å²) in [6.45, 7) is 1.88. The second kappa shape index (κ2) is 8.89. The zero-order valence-corrected chi connectivity index (χ0v) is 17.7. The van der Waals surface area contributed by atoms with Crippen molar-refractivity contribution in [2.24, 2.45) is 0 Å². The molecule has 1 N–H and O–H groups in total. The van der Waals surface area contributed by atoms with Gasteiger partial charge >= 0.3 is 0 Å². The summed E-state index contributed by atoms with van der Waals surface area (Å²) in [5, 5.41) is 12.4. The number of methoxy groups -OCH3 is 2. The predicted octanol–water partition coefficient (Wildman–Crippen LogP) is 4.02. The Hall–Kier alpha value is -2.16.